The van der Waals surface area contributed by atoms with Gasteiger partial charge in [-0.3, -0.25) is 4.79 Å². The number of aromatic nitrogens is 1. The average Bonchev–Trinajstić information content (AvgIpc) is 2.34. The summed E-state index contributed by atoms with van der Waals surface area (Å²) >= 11 is 0. The van der Waals surface area contributed by atoms with Crippen LogP contribution in [0.1, 0.15) is 15.9 Å². The van der Waals surface area contributed by atoms with Crippen LogP contribution in [0.25, 0.3) is 0 Å². The van der Waals surface area contributed by atoms with Crippen molar-refractivity contribution in [3.05, 3.63) is 47.7 Å². The molecule has 5 nitrogen and oxygen atoms in total. The molecule has 1 aromatic carbocycles. The molecule has 18 heavy (non-hydrogen) atoms. The Labute approximate surface area is 105 Å². The van der Waals surface area contributed by atoms with Crippen molar-refractivity contribution < 1.29 is 4.79 Å². The fourth-order valence-electron chi connectivity index (χ4n) is 1.50. The van der Waals surface area contributed by atoms with Gasteiger partial charge in [0.15, 0.2) is 0 Å². The van der Waals surface area contributed by atoms with Crippen molar-refractivity contribution in [2.45, 2.75) is 6.92 Å². The molecule has 0 unspecified atom stereocenters. The molecule has 5 N–H and O–H groups in total. The van der Waals surface area contributed by atoms with E-state index in [1.54, 1.807) is 30.5 Å². The SMILES string of the molecule is Cc1cc(Nc2ccc(C(N)=O)cc2)ncc1N. The van der Waals surface area contributed by atoms with Crippen molar-refractivity contribution in [1.29, 1.82) is 0 Å². The van der Waals surface area contributed by atoms with Crippen LogP contribution in [0.15, 0.2) is 36.5 Å². The number of pyridine rings is 1. The van der Waals surface area contributed by atoms with E-state index in [4.69, 9.17) is 11.5 Å². The smallest absolute Gasteiger partial charge is 0.248 e. The van der Waals surface area contributed by atoms with Gasteiger partial charge in [0, 0.05) is 11.3 Å². The molecule has 0 aliphatic carbocycles. The zero-order valence-electron chi connectivity index (χ0n) is 9.97. The van der Waals surface area contributed by atoms with Gasteiger partial charge in [0.2, 0.25) is 5.91 Å². The number of anilines is 3. The van der Waals surface area contributed by atoms with Crippen molar-refractivity contribution in [2.24, 2.45) is 5.73 Å². The van der Waals surface area contributed by atoms with Gasteiger partial charge in [-0.15, -0.1) is 0 Å². The minimum Gasteiger partial charge on any atom is -0.397 e. The molecule has 5 heteroatoms. The fourth-order valence-corrected chi connectivity index (χ4v) is 1.50. The Kier molecular flexibility index (Phi) is 3.14. The minimum atomic E-state index is -0.442. The summed E-state index contributed by atoms with van der Waals surface area (Å²) in [4.78, 5) is 15.1. The molecule has 0 spiro atoms. The van der Waals surface area contributed by atoms with Crippen LogP contribution < -0.4 is 16.8 Å². The second-order valence-corrected chi connectivity index (χ2v) is 3.99. The molecule has 1 amide bonds. The van der Waals surface area contributed by atoms with Gasteiger partial charge in [-0.25, -0.2) is 4.98 Å². The van der Waals surface area contributed by atoms with Gasteiger partial charge < -0.3 is 16.8 Å². The van der Waals surface area contributed by atoms with Gasteiger partial charge in [-0.1, -0.05) is 0 Å². The lowest BCUT2D eigenvalue weighted by molar-refractivity contribution is 0.100. The van der Waals surface area contributed by atoms with E-state index in [1.165, 1.54) is 0 Å². The molecule has 0 aliphatic rings. The Bertz CT molecular complexity index is 578. The van der Waals surface area contributed by atoms with Crippen LogP contribution >= 0.6 is 0 Å². The Balaban J connectivity index is 2.18. The first-order valence-electron chi connectivity index (χ1n) is 5.45. The maximum absolute atomic E-state index is 10.9. The summed E-state index contributed by atoms with van der Waals surface area (Å²) in [5, 5.41) is 3.12. The van der Waals surface area contributed by atoms with Crippen LogP contribution in [-0.2, 0) is 0 Å². The largest absolute Gasteiger partial charge is 0.397 e. The summed E-state index contributed by atoms with van der Waals surface area (Å²) < 4.78 is 0. The lowest BCUT2D eigenvalue weighted by atomic mass is 10.2. The number of amides is 1. The third-order valence-corrected chi connectivity index (χ3v) is 2.59. The van der Waals surface area contributed by atoms with Crippen molar-refractivity contribution in [3.8, 4) is 0 Å². The number of carbonyl (C=O) groups excluding carboxylic acids is 1. The lowest BCUT2D eigenvalue weighted by Gasteiger charge is -2.07. The highest BCUT2D eigenvalue weighted by molar-refractivity contribution is 5.93. The first-order valence-corrected chi connectivity index (χ1v) is 5.45. The predicted octanol–water partition coefficient (Wildman–Crippen LogP) is 1.81. The van der Waals surface area contributed by atoms with E-state index < -0.39 is 5.91 Å². The van der Waals surface area contributed by atoms with E-state index in [2.05, 4.69) is 10.3 Å². The van der Waals surface area contributed by atoms with Crippen molar-refractivity contribution in [1.82, 2.24) is 4.98 Å². The van der Waals surface area contributed by atoms with E-state index in [0.29, 0.717) is 17.1 Å². The highest BCUT2D eigenvalue weighted by Gasteiger charge is 2.01. The monoisotopic (exact) mass is 242 g/mol. The highest BCUT2D eigenvalue weighted by Crippen LogP contribution is 2.18. The first kappa shape index (κ1) is 11.9. The molecule has 2 rings (SSSR count). The Morgan fingerprint density at radius 3 is 2.50 bits per heavy atom. The standard InChI is InChI=1S/C13H14N4O/c1-8-6-12(16-7-11(8)14)17-10-4-2-9(3-5-10)13(15)18/h2-7H,14H2,1H3,(H2,15,18)(H,16,17). The van der Waals surface area contributed by atoms with E-state index in [1.807, 2.05) is 13.0 Å². The van der Waals surface area contributed by atoms with Gasteiger partial charge in [0.1, 0.15) is 5.82 Å². The molecule has 0 fully saturated rings. The van der Waals surface area contributed by atoms with Crippen molar-refractivity contribution in [3.63, 3.8) is 0 Å². The van der Waals surface area contributed by atoms with Crippen LogP contribution in [-0.4, -0.2) is 10.9 Å². The van der Waals surface area contributed by atoms with E-state index in [9.17, 15) is 4.79 Å². The maximum atomic E-state index is 10.9. The summed E-state index contributed by atoms with van der Waals surface area (Å²) in [5.41, 5.74) is 13.8. The number of nitrogen functional groups attached to an aromatic ring is 1. The van der Waals surface area contributed by atoms with Gasteiger partial charge in [0.25, 0.3) is 0 Å². The molecule has 92 valence electrons. The number of nitrogens with two attached hydrogens (primary N) is 2. The number of nitrogens with zero attached hydrogens (tertiary/aromatic N) is 1. The number of carbonyl (C=O) groups is 1. The molecule has 0 bridgehead atoms. The molecule has 0 radical (unpaired) electrons. The van der Waals surface area contributed by atoms with Crippen LogP contribution in [0.4, 0.5) is 17.2 Å². The third kappa shape index (κ3) is 2.57. The van der Waals surface area contributed by atoms with Crippen molar-refractivity contribution >= 4 is 23.1 Å². The van der Waals surface area contributed by atoms with Crippen LogP contribution in [0.5, 0.6) is 0 Å². The summed E-state index contributed by atoms with van der Waals surface area (Å²) in [5.74, 6) is 0.261. The third-order valence-electron chi connectivity index (χ3n) is 2.59. The molecule has 1 aromatic heterocycles. The normalized spacial score (nSPS) is 10.1. The van der Waals surface area contributed by atoms with Crippen LogP contribution in [0, 0.1) is 6.92 Å². The summed E-state index contributed by atoms with van der Waals surface area (Å²) in [6.45, 7) is 1.92. The van der Waals surface area contributed by atoms with E-state index in [0.717, 1.165) is 11.3 Å². The Morgan fingerprint density at radius 2 is 1.94 bits per heavy atom. The molecular weight excluding hydrogens is 228 g/mol. The number of hydrogen-bond acceptors (Lipinski definition) is 4. The number of rotatable bonds is 3. The summed E-state index contributed by atoms with van der Waals surface area (Å²) in [7, 11) is 0. The predicted molar refractivity (Wildman–Crippen MR) is 71.6 cm³/mol. The quantitative estimate of drug-likeness (QED) is 0.765. The van der Waals surface area contributed by atoms with Crippen LogP contribution in [0.3, 0.4) is 0 Å². The summed E-state index contributed by atoms with van der Waals surface area (Å²) in [6, 6.07) is 8.72. The number of hydrogen-bond donors (Lipinski definition) is 3. The van der Waals surface area contributed by atoms with Crippen LogP contribution in [0.2, 0.25) is 0 Å². The number of aryl methyl sites for hydroxylation is 1. The second kappa shape index (κ2) is 4.75. The topological polar surface area (TPSA) is 94.0 Å². The van der Waals surface area contributed by atoms with E-state index >= 15 is 0 Å². The summed E-state index contributed by atoms with van der Waals surface area (Å²) in [6.07, 6.45) is 1.61. The minimum absolute atomic E-state index is 0.442. The fraction of sp³-hybridized carbons (Fsp3) is 0.0769. The molecule has 0 atom stereocenters. The Hall–Kier alpha value is -2.56. The van der Waals surface area contributed by atoms with Gasteiger partial charge in [-0.05, 0) is 42.8 Å². The molecule has 0 saturated heterocycles. The first-order chi connectivity index (χ1) is 8.56. The molecule has 1 heterocycles. The zero-order valence-corrected chi connectivity index (χ0v) is 9.97. The molecule has 0 aliphatic heterocycles. The van der Waals surface area contributed by atoms with Gasteiger partial charge in [0.05, 0.1) is 11.9 Å². The van der Waals surface area contributed by atoms with E-state index in [-0.39, 0.29) is 0 Å². The second-order valence-electron chi connectivity index (χ2n) is 3.99. The maximum Gasteiger partial charge on any atom is 0.248 e. The highest BCUT2D eigenvalue weighted by atomic mass is 16.1. The number of nitrogens with one attached hydrogen (secondary N) is 1. The lowest BCUT2D eigenvalue weighted by Crippen LogP contribution is -2.10. The molecular formula is C13H14N4O. The van der Waals surface area contributed by atoms with Gasteiger partial charge >= 0.3 is 0 Å². The molecule has 0 saturated carbocycles. The zero-order chi connectivity index (χ0) is 13.1. The number of benzene rings is 1. The number of primary amides is 1. The average molecular weight is 242 g/mol. The Morgan fingerprint density at radius 1 is 1.28 bits per heavy atom. The van der Waals surface area contributed by atoms with Gasteiger partial charge in [-0.2, -0.15) is 0 Å². The molecule has 2 aromatic rings. The van der Waals surface area contributed by atoms with Crippen molar-refractivity contribution in [2.75, 3.05) is 11.1 Å².